The minimum Gasteiger partial charge on any atom is -0.465 e. The minimum absolute atomic E-state index is 0.0245. The molecule has 0 spiro atoms. The summed E-state index contributed by atoms with van der Waals surface area (Å²) in [5, 5.41) is 0.538. The summed E-state index contributed by atoms with van der Waals surface area (Å²) in [6.07, 6.45) is -2.28. The lowest BCUT2D eigenvalue weighted by Crippen LogP contribution is -2.51. The molecule has 0 aromatic heterocycles. The van der Waals surface area contributed by atoms with E-state index in [2.05, 4.69) is 0 Å². The molecule has 1 fully saturated rings. The highest BCUT2D eigenvalue weighted by molar-refractivity contribution is 6.35. The van der Waals surface area contributed by atoms with Crippen molar-refractivity contribution in [2.75, 3.05) is 13.2 Å². The lowest BCUT2D eigenvalue weighted by molar-refractivity contribution is -0.178. The van der Waals surface area contributed by atoms with Crippen molar-refractivity contribution in [3.05, 3.63) is 106 Å². The molecule has 3 atom stereocenters. The highest BCUT2D eigenvalue weighted by atomic mass is 35.5. The van der Waals surface area contributed by atoms with Gasteiger partial charge in [0.1, 0.15) is 6.10 Å². The number of ketones is 1. The van der Waals surface area contributed by atoms with Crippen LogP contribution < -0.4 is 0 Å². The van der Waals surface area contributed by atoms with Crippen LogP contribution in [0.1, 0.15) is 47.5 Å². The van der Waals surface area contributed by atoms with E-state index in [-0.39, 0.29) is 18.2 Å². The van der Waals surface area contributed by atoms with Crippen molar-refractivity contribution < 1.29 is 28.6 Å². The lowest BCUT2D eigenvalue weighted by atomic mass is 9.66. The topological polar surface area (TPSA) is 78.9 Å². The number of ether oxygens (including phenoxy) is 3. The van der Waals surface area contributed by atoms with Crippen molar-refractivity contribution in [3.8, 4) is 0 Å². The molecule has 0 amide bonds. The smallest absolute Gasteiger partial charge is 0.327 e. The Morgan fingerprint density at radius 3 is 1.95 bits per heavy atom. The first kappa shape index (κ1) is 26.9. The highest BCUT2D eigenvalue weighted by Gasteiger charge is 2.71. The van der Waals surface area contributed by atoms with Gasteiger partial charge in [0.2, 0.25) is 5.41 Å². The van der Waals surface area contributed by atoms with Gasteiger partial charge in [0.15, 0.2) is 5.78 Å². The van der Waals surface area contributed by atoms with Gasteiger partial charge >= 0.3 is 11.9 Å². The molecule has 0 aliphatic carbocycles. The summed E-state index contributed by atoms with van der Waals surface area (Å²) in [6.45, 7) is 3.20. The van der Waals surface area contributed by atoms with Gasteiger partial charge in [-0.05, 0) is 31.5 Å². The molecule has 0 N–H and O–H groups in total. The lowest BCUT2D eigenvalue weighted by Gasteiger charge is -2.34. The van der Waals surface area contributed by atoms with Crippen LogP contribution in [0, 0.1) is 11.3 Å². The van der Waals surface area contributed by atoms with E-state index in [1.54, 1.807) is 80.6 Å². The zero-order chi connectivity index (χ0) is 26.6. The second kappa shape index (κ2) is 11.5. The summed E-state index contributed by atoms with van der Waals surface area (Å²) in [5.41, 5.74) is -0.937. The maximum absolute atomic E-state index is 14.2. The zero-order valence-corrected chi connectivity index (χ0v) is 21.9. The normalized spacial score (nSPS) is 20.3. The van der Waals surface area contributed by atoms with Gasteiger partial charge in [-0.3, -0.25) is 14.4 Å². The monoisotopic (exact) mass is 540 g/mol. The molecule has 0 bridgehead atoms. The van der Waals surface area contributed by atoms with Crippen LogP contribution in [0.25, 0.3) is 0 Å². The van der Waals surface area contributed by atoms with Crippen LogP contribution in [0.15, 0.2) is 78.9 Å². The average molecular weight is 541 g/mol. The summed E-state index contributed by atoms with van der Waals surface area (Å²) in [7, 11) is 0. The molecular formula is C29H26Cl2O6. The predicted octanol–water partition coefficient (Wildman–Crippen LogP) is 6.42. The summed E-state index contributed by atoms with van der Waals surface area (Å²) in [4.78, 5) is 42.1. The van der Waals surface area contributed by atoms with Crippen molar-refractivity contribution >= 4 is 40.9 Å². The SMILES string of the molecule is CCOC(=O)C1(C(=O)OCC)[C@@H](c2ccc(Cl)cc2Cl)O[C@@H](c2ccccc2)[C@@H]1C(=O)c1ccccc1. The van der Waals surface area contributed by atoms with Crippen molar-refractivity contribution in [2.24, 2.45) is 11.3 Å². The van der Waals surface area contributed by atoms with E-state index in [1.807, 2.05) is 6.07 Å². The van der Waals surface area contributed by atoms with Crippen LogP contribution in [0.3, 0.4) is 0 Å². The Morgan fingerprint density at radius 2 is 1.41 bits per heavy atom. The van der Waals surface area contributed by atoms with Gasteiger partial charge in [-0.2, -0.15) is 0 Å². The summed E-state index contributed by atoms with van der Waals surface area (Å²) in [6, 6.07) is 22.1. The average Bonchev–Trinajstić information content (AvgIpc) is 3.26. The van der Waals surface area contributed by atoms with Gasteiger partial charge < -0.3 is 14.2 Å². The molecule has 4 rings (SSSR count). The number of halogens is 2. The van der Waals surface area contributed by atoms with E-state index in [0.717, 1.165) is 0 Å². The molecule has 6 nitrogen and oxygen atoms in total. The van der Waals surface area contributed by atoms with Crippen LogP contribution in [0.4, 0.5) is 0 Å². The highest BCUT2D eigenvalue weighted by Crippen LogP contribution is 2.60. The molecule has 8 heteroatoms. The first-order valence-corrected chi connectivity index (χ1v) is 12.7. The predicted molar refractivity (Wildman–Crippen MR) is 139 cm³/mol. The standard InChI is InChI=1S/C29H26Cl2O6/c1-3-35-27(33)29(28(34)36-4-2)23(24(32)18-11-7-5-8-12-18)25(19-13-9-6-10-14-19)37-26(29)21-16-15-20(30)17-22(21)31/h5-17,23,25-26H,3-4H2,1-2H3/t23-,25-,26+/m0/s1. The van der Waals surface area contributed by atoms with Crippen LogP contribution in [0.5, 0.6) is 0 Å². The fraction of sp³-hybridized carbons (Fsp3) is 0.276. The Kier molecular flexibility index (Phi) is 8.32. The third-order valence-corrected chi connectivity index (χ3v) is 6.99. The van der Waals surface area contributed by atoms with E-state index < -0.39 is 41.3 Å². The van der Waals surface area contributed by atoms with E-state index in [0.29, 0.717) is 21.7 Å². The third kappa shape index (κ3) is 4.89. The Morgan fingerprint density at radius 1 is 0.838 bits per heavy atom. The molecule has 0 radical (unpaired) electrons. The molecule has 1 aliphatic rings. The quantitative estimate of drug-likeness (QED) is 0.186. The summed E-state index contributed by atoms with van der Waals surface area (Å²) < 4.78 is 17.5. The number of hydrogen-bond donors (Lipinski definition) is 0. The Bertz CT molecular complexity index is 1260. The van der Waals surface area contributed by atoms with E-state index >= 15 is 0 Å². The van der Waals surface area contributed by atoms with Crippen LogP contribution in [0.2, 0.25) is 10.0 Å². The molecule has 0 saturated carbocycles. The van der Waals surface area contributed by atoms with Crippen LogP contribution in [-0.4, -0.2) is 30.9 Å². The van der Waals surface area contributed by atoms with E-state index in [4.69, 9.17) is 37.4 Å². The molecule has 0 unspecified atom stereocenters. The number of benzene rings is 3. The summed E-state index contributed by atoms with van der Waals surface area (Å²) in [5.74, 6) is -3.61. The summed E-state index contributed by atoms with van der Waals surface area (Å²) >= 11 is 12.7. The Hall–Kier alpha value is -3.19. The number of carbonyl (C=O) groups is 3. The number of esters is 2. The Balaban J connectivity index is 2.05. The number of hydrogen-bond acceptors (Lipinski definition) is 6. The molecular weight excluding hydrogens is 515 g/mol. The molecule has 37 heavy (non-hydrogen) atoms. The maximum Gasteiger partial charge on any atom is 0.327 e. The molecule has 3 aromatic carbocycles. The molecule has 3 aromatic rings. The molecule has 192 valence electrons. The first-order valence-electron chi connectivity index (χ1n) is 11.9. The first-order chi connectivity index (χ1) is 17.9. The third-order valence-electron chi connectivity index (χ3n) is 6.43. The van der Waals surface area contributed by atoms with E-state index in [9.17, 15) is 14.4 Å². The van der Waals surface area contributed by atoms with E-state index in [1.165, 1.54) is 6.07 Å². The fourth-order valence-electron chi connectivity index (χ4n) is 4.86. The second-order valence-electron chi connectivity index (χ2n) is 8.53. The van der Waals surface area contributed by atoms with Gasteiger partial charge in [-0.25, -0.2) is 0 Å². The van der Waals surface area contributed by atoms with Crippen molar-refractivity contribution in [3.63, 3.8) is 0 Å². The van der Waals surface area contributed by atoms with Gasteiger partial charge in [0.05, 0.1) is 25.2 Å². The number of Topliss-reactive ketones (excluding diaryl/α,β-unsaturated/α-hetero) is 1. The van der Waals surface area contributed by atoms with Gasteiger partial charge in [0.25, 0.3) is 0 Å². The second-order valence-corrected chi connectivity index (χ2v) is 9.37. The maximum atomic E-state index is 14.2. The van der Waals surface area contributed by atoms with Gasteiger partial charge in [0, 0.05) is 21.2 Å². The van der Waals surface area contributed by atoms with Crippen molar-refractivity contribution in [2.45, 2.75) is 26.1 Å². The van der Waals surface area contributed by atoms with Crippen LogP contribution in [-0.2, 0) is 23.8 Å². The molecule has 1 heterocycles. The fourth-order valence-corrected chi connectivity index (χ4v) is 5.37. The Labute approximate surface area is 225 Å². The minimum atomic E-state index is -2.18. The largest absolute Gasteiger partial charge is 0.465 e. The zero-order valence-electron chi connectivity index (χ0n) is 20.4. The van der Waals surface area contributed by atoms with Crippen LogP contribution >= 0.6 is 23.2 Å². The van der Waals surface area contributed by atoms with Gasteiger partial charge in [-0.1, -0.05) is 89.9 Å². The van der Waals surface area contributed by atoms with Crippen molar-refractivity contribution in [1.82, 2.24) is 0 Å². The number of rotatable bonds is 8. The van der Waals surface area contributed by atoms with Crippen molar-refractivity contribution in [1.29, 1.82) is 0 Å². The molecule has 1 saturated heterocycles. The van der Waals surface area contributed by atoms with Gasteiger partial charge in [-0.15, -0.1) is 0 Å². The molecule has 1 aliphatic heterocycles. The number of carbonyl (C=O) groups excluding carboxylic acids is 3.